The molecule has 0 aliphatic carbocycles. The smallest absolute Gasteiger partial charge is 0.316 e. The van der Waals surface area contributed by atoms with E-state index in [0.29, 0.717) is 24.2 Å². The van der Waals surface area contributed by atoms with Crippen molar-refractivity contribution in [3.8, 4) is 5.75 Å². The van der Waals surface area contributed by atoms with Gasteiger partial charge in [0.2, 0.25) is 0 Å². The lowest BCUT2D eigenvalue weighted by molar-refractivity contribution is -0.167. The van der Waals surface area contributed by atoms with Gasteiger partial charge < -0.3 is 9.47 Å². The van der Waals surface area contributed by atoms with E-state index < -0.39 is 17.9 Å². The van der Waals surface area contributed by atoms with Crippen LogP contribution in [0.4, 0.5) is 4.39 Å². The molecule has 5 heteroatoms. The summed E-state index contributed by atoms with van der Waals surface area (Å²) in [6.45, 7) is 0. The van der Waals surface area contributed by atoms with Crippen LogP contribution < -0.4 is 4.74 Å². The molecule has 1 saturated heterocycles. The molecule has 1 unspecified atom stereocenters. The third-order valence-corrected chi connectivity index (χ3v) is 2.95. The number of methoxy groups -OCH3 is 1. The predicted molar refractivity (Wildman–Crippen MR) is 60.5 cm³/mol. The van der Waals surface area contributed by atoms with E-state index in [1.165, 1.54) is 25.3 Å². The number of carbonyl (C=O) groups excluding carboxylic acids is 2. The first kappa shape index (κ1) is 12.5. The van der Waals surface area contributed by atoms with Crippen molar-refractivity contribution in [1.29, 1.82) is 0 Å². The van der Waals surface area contributed by atoms with Gasteiger partial charge in [-0.3, -0.25) is 9.59 Å². The molecule has 4 nitrogen and oxygen atoms in total. The number of hydrogen-bond acceptors (Lipinski definition) is 4. The van der Waals surface area contributed by atoms with Crippen molar-refractivity contribution in [3.05, 3.63) is 29.6 Å². The Morgan fingerprint density at radius 3 is 2.89 bits per heavy atom. The van der Waals surface area contributed by atoms with E-state index in [9.17, 15) is 14.0 Å². The first-order chi connectivity index (χ1) is 8.60. The highest BCUT2D eigenvalue weighted by Gasteiger charge is 2.29. The van der Waals surface area contributed by atoms with Gasteiger partial charge in [-0.25, -0.2) is 4.39 Å². The maximum atomic E-state index is 13.2. The monoisotopic (exact) mass is 252 g/mol. The molecule has 1 aromatic carbocycles. The maximum Gasteiger partial charge on any atom is 0.316 e. The fraction of sp³-hybridized carbons (Fsp3) is 0.385. The number of hydrogen-bond donors (Lipinski definition) is 0. The molecule has 18 heavy (non-hydrogen) atoms. The standard InChI is InChI=1S/C13H13FO4/c1-17-11-4-3-10(14)7-9(11)6-8-2-5-12(15)18-13(8)16/h3-4,7-8H,2,5-6H2,1H3. The Balaban J connectivity index is 2.16. The van der Waals surface area contributed by atoms with Gasteiger partial charge in [0.1, 0.15) is 11.6 Å². The molecule has 0 bridgehead atoms. The molecule has 0 saturated carbocycles. The van der Waals surface area contributed by atoms with E-state index in [0.717, 1.165) is 0 Å². The first-order valence-corrected chi connectivity index (χ1v) is 5.67. The van der Waals surface area contributed by atoms with Crippen LogP contribution in [0.5, 0.6) is 5.75 Å². The van der Waals surface area contributed by atoms with E-state index in [4.69, 9.17) is 4.74 Å². The average molecular weight is 252 g/mol. The molecule has 1 atom stereocenters. The number of cyclic esters (lactones) is 2. The van der Waals surface area contributed by atoms with Crippen molar-refractivity contribution >= 4 is 11.9 Å². The highest BCUT2D eigenvalue weighted by Crippen LogP contribution is 2.26. The van der Waals surface area contributed by atoms with Crippen molar-refractivity contribution in [2.45, 2.75) is 19.3 Å². The predicted octanol–water partition coefficient (Wildman–Crippen LogP) is 1.86. The lowest BCUT2D eigenvalue weighted by Gasteiger charge is -2.20. The Labute approximate surface area is 104 Å². The zero-order chi connectivity index (χ0) is 13.1. The molecule has 0 amide bonds. The largest absolute Gasteiger partial charge is 0.496 e. The summed E-state index contributed by atoms with van der Waals surface area (Å²) in [6.07, 6.45) is 0.957. The molecule has 1 aliphatic rings. The van der Waals surface area contributed by atoms with Gasteiger partial charge in [0.15, 0.2) is 0 Å². The normalized spacial score (nSPS) is 19.6. The van der Waals surface area contributed by atoms with E-state index >= 15 is 0 Å². The summed E-state index contributed by atoms with van der Waals surface area (Å²) in [5.74, 6) is -1.31. The quantitative estimate of drug-likeness (QED) is 0.608. The Morgan fingerprint density at radius 2 is 2.22 bits per heavy atom. The van der Waals surface area contributed by atoms with Gasteiger partial charge in [0.05, 0.1) is 13.0 Å². The van der Waals surface area contributed by atoms with Gasteiger partial charge >= 0.3 is 11.9 Å². The fourth-order valence-corrected chi connectivity index (χ4v) is 2.01. The minimum absolute atomic E-state index is 0.216. The lowest BCUT2D eigenvalue weighted by Crippen LogP contribution is -2.29. The highest BCUT2D eigenvalue weighted by atomic mass is 19.1. The third-order valence-electron chi connectivity index (χ3n) is 2.95. The molecule has 0 radical (unpaired) electrons. The summed E-state index contributed by atoms with van der Waals surface area (Å²) in [5.41, 5.74) is 0.605. The molecule has 96 valence electrons. The van der Waals surface area contributed by atoms with Crippen LogP contribution in [0.2, 0.25) is 0 Å². The van der Waals surface area contributed by atoms with Crippen LogP contribution in [0.1, 0.15) is 18.4 Å². The Morgan fingerprint density at radius 1 is 1.44 bits per heavy atom. The second-order valence-electron chi connectivity index (χ2n) is 4.19. The van der Waals surface area contributed by atoms with Gasteiger partial charge in [0, 0.05) is 6.42 Å². The van der Waals surface area contributed by atoms with Crippen LogP contribution in [0, 0.1) is 11.7 Å². The molecular formula is C13H13FO4. The summed E-state index contributed by atoms with van der Waals surface area (Å²) in [7, 11) is 1.49. The van der Waals surface area contributed by atoms with Crippen LogP contribution in [0.3, 0.4) is 0 Å². The Bertz CT molecular complexity index is 484. The van der Waals surface area contributed by atoms with Crippen molar-refractivity contribution in [2.24, 2.45) is 5.92 Å². The van der Waals surface area contributed by atoms with Crippen LogP contribution in [0.25, 0.3) is 0 Å². The molecule has 0 N–H and O–H groups in total. The van der Waals surface area contributed by atoms with Gasteiger partial charge in [-0.15, -0.1) is 0 Å². The van der Waals surface area contributed by atoms with Crippen LogP contribution >= 0.6 is 0 Å². The molecule has 2 rings (SSSR count). The fourth-order valence-electron chi connectivity index (χ4n) is 2.01. The summed E-state index contributed by atoms with van der Waals surface area (Å²) in [5, 5.41) is 0. The van der Waals surface area contributed by atoms with E-state index in [2.05, 4.69) is 4.74 Å². The summed E-state index contributed by atoms with van der Waals surface area (Å²) < 4.78 is 22.8. The van der Waals surface area contributed by atoms with Gasteiger partial charge in [-0.1, -0.05) is 0 Å². The molecule has 1 fully saturated rings. The van der Waals surface area contributed by atoms with Crippen molar-refractivity contribution in [1.82, 2.24) is 0 Å². The number of rotatable bonds is 3. The van der Waals surface area contributed by atoms with Crippen molar-refractivity contribution < 1.29 is 23.5 Å². The van der Waals surface area contributed by atoms with Crippen molar-refractivity contribution in [2.75, 3.05) is 7.11 Å². The highest BCUT2D eigenvalue weighted by molar-refractivity contribution is 5.89. The van der Waals surface area contributed by atoms with Gasteiger partial charge in [-0.05, 0) is 36.6 Å². The Kier molecular flexibility index (Phi) is 3.60. The number of esters is 2. The zero-order valence-electron chi connectivity index (χ0n) is 9.94. The summed E-state index contributed by atoms with van der Waals surface area (Å²) in [4.78, 5) is 22.4. The van der Waals surface area contributed by atoms with Crippen LogP contribution in [0.15, 0.2) is 18.2 Å². The molecule has 1 aromatic rings. The second-order valence-corrected chi connectivity index (χ2v) is 4.19. The van der Waals surface area contributed by atoms with Crippen LogP contribution in [-0.4, -0.2) is 19.0 Å². The topological polar surface area (TPSA) is 52.6 Å². The number of benzene rings is 1. The van der Waals surface area contributed by atoms with Gasteiger partial charge in [-0.2, -0.15) is 0 Å². The number of halogens is 1. The minimum atomic E-state index is -0.544. The SMILES string of the molecule is COc1ccc(F)cc1CC1CCC(=O)OC1=O. The average Bonchev–Trinajstić information content (AvgIpc) is 2.33. The molecule has 0 spiro atoms. The minimum Gasteiger partial charge on any atom is -0.496 e. The number of ether oxygens (including phenoxy) is 2. The van der Waals surface area contributed by atoms with Crippen LogP contribution in [-0.2, 0) is 20.7 Å². The number of carbonyl (C=O) groups is 2. The second kappa shape index (κ2) is 5.16. The Hall–Kier alpha value is -1.91. The van der Waals surface area contributed by atoms with Crippen molar-refractivity contribution in [3.63, 3.8) is 0 Å². The molecule has 0 aromatic heterocycles. The third kappa shape index (κ3) is 2.67. The molecular weight excluding hydrogens is 239 g/mol. The zero-order valence-corrected chi connectivity index (χ0v) is 9.94. The molecule has 1 aliphatic heterocycles. The van der Waals surface area contributed by atoms with Gasteiger partial charge in [0.25, 0.3) is 0 Å². The maximum absolute atomic E-state index is 13.2. The van der Waals surface area contributed by atoms with E-state index in [-0.39, 0.29) is 12.2 Å². The van der Waals surface area contributed by atoms with E-state index in [1.807, 2.05) is 0 Å². The summed E-state index contributed by atoms with van der Waals surface area (Å²) in [6, 6.07) is 4.15. The summed E-state index contributed by atoms with van der Waals surface area (Å²) >= 11 is 0. The first-order valence-electron chi connectivity index (χ1n) is 5.67. The van der Waals surface area contributed by atoms with E-state index in [1.54, 1.807) is 0 Å². The lowest BCUT2D eigenvalue weighted by atomic mass is 9.93. The molecule has 1 heterocycles.